The molecule has 154 valence electrons. The quantitative estimate of drug-likeness (QED) is 0.815. The fourth-order valence-electron chi connectivity index (χ4n) is 4.30. The number of hydrogen-bond donors (Lipinski definition) is 1. The molecule has 1 aliphatic heterocycles. The predicted octanol–water partition coefficient (Wildman–Crippen LogP) is 3.67. The summed E-state index contributed by atoms with van der Waals surface area (Å²) in [6.07, 6.45) is 7.35. The van der Waals surface area contributed by atoms with Crippen molar-refractivity contribution in [2.45, 2.75) is 56.4 Å². The maximum Gasteiger partial charge on any atom is 0.251 e. The molecule has 0 atom stereocenters. The second-order valence-corrected chi connectivity index (χ2v) is 9.85. The fourth-order valence-corrected chi connectivity index (χ4v) is 6.04. The molecule has 1 amide bonds. The molecule has 0 radical (unpaired) electrons. The van der Waals surface area contributed by atoms with Crippen LogP contribution >= 0.6 is 0 Å². The molecule has 0 bridgehead atoms. The Hall–Kier alpha value is -2.18. The van der Waals surface area contributed by atoms with E-state index in [1.807, 2.05) is 18.2 Å². The number of sulfonamides is 1. The molecule has 1 saturated heterocycles. The van der Waals surface area contributed by atoms with Crippen LogP contribution in [0.25, 0.3) is 0 Å². The Balaban J connectivity index is 1.50. The van der Waals surface area contributed by atoms with Crippen LogP contribution in [-0.2, 0) is 29.4 Å². The summed E-state index contributed by atoms with van der Waals surface area (Å²) in [6.45, 7) is 1.33. The van der Waals surface area contributed by atoms with Crippen LogP contribution in [-0.4, -0.2) is 31.7 Å². The molecular weight excluding hydrogens is 384 g/mol. The number of amides is 1. The number of piperidine rings is 1. The average molecular weight is 413 g/mol. The Morgan fingerprint density at radius 1 is 0.897 bits per heavy atom. The number of rotatable bonds is 5. The lowest BCUT2D eigenvalue weighted by Crippen LogP contribution is -2.36. The van der Waals surface area contributed by atoms with Gasteiger partial charge in [0.05, 0.1) is 4.90 Å². The number of nitrogens with zero attached hydrogens (tertiary/aromatic N) is 1. The average Bonchev–Trinajstić information content (AvgIpc) is 2.78. The van der Waals surface area contributed by atoms with E-state index >= 15 is 0 Å². The normalized spacial score (nSPS) is 17.5. The predicted molar refractivity (Wildman–Crippen MR) is 113 cm³/mol. The third-order valence-corrected chi connectivity index (χ3v) is 7.95. The van der Waals surface area contributed by atoms with Crippen LogP contribution < -0.4 is 5.32 Å². The van der Waals surface area contributed by atoms with Crippen molar-refractivity contribution in [2.24, 2.45) is 0 Å². The number of aryl methyl sites for hydroxylation is 2. The van der Waals surface area contributed by atoms with Gasteiger partial charge in [0.25, 0.3) is 5.91 Å². The van der Waals surface area contributed by atoms with E-state index in [9.17, 15) is 13.2 Å². The summed E-state index contributed by atoms with van der Waals surface area (Å²) in [6, 6.07) is 12.9. The molecule has 5 nitrogen and oxygen atoms in total. The summed E-state index contributed by atoms with van der Waals surface area (Å²) in [5, 5.41) is 2.92. The first-order chi connectivity index (χ1) is 14.1. The molecule has 6 heteroatoms. The lowest BCUT2D eigenvalue weighted by molar-refractivity contribution is 0.0950. The van der Waals surface area contributed by atoms with E-state index in [0.29, 0.717) is 29.1 Å². The molecule has 4 rings (SSSR count). The first kappa shape index (κ1) is 20.1. The van der Waals surface area contributed by atoms with Crippen LogP contribution in [0.5, 0.6) is 0 Å². The van der Waals surface area contributed by atoms with Gasteiger partial charge in [0.1, 0.15) is 0 Å². The number of carbonyl (C=O) groups is 1. The minimum Gasteiger partial charge on any atom is -0.348 e. The summed E-state index contributed by atoms with van der Waals surface area (Å²) in [7, 11) is -3.54. The van der Waals surface area contributed by atoms with Crippen molar-refractivity contribution < 1.29 is 13.2 Å². The van der Waals surface area contributed by atoms with Crippen molar-refractivity contribution in [3.05, 3.63) is 64.7 Å². The van der Waals surface area contributed by atoms with Gasteiger partial charge in [-0.2, -0.15) is 4.31 Å². The van der Waals surface area contributed by atoms with Gasteiger partial charge < -0.3 is 5.32 Å². The van der Waals surface area contributed by atoms with Crippen LogP contribution in [0.4, 0.5) is 0 Å². The van der Waals surface area contributed by atoms with Crippen molar-refractivity contribution in [1.29, 1.82) is 0 Å². The minimum atomic E-state index is -3.54. The van der Waals surface area contributed by atoms with E-state index in [0.717, 1.165) is 32.1 Å². The summed E-state index contributed by atoms with van der Waals surface area (Å²) in [5.41, 5.74) is 3.87. The molecule has 1 fully saturated rings. The van der Waals surface area contributed by atoms with Crippen molar-refractivity contribution in [3.63, 3.8) is 0 Å². The number of carbonyl (C=O) groups excluding carboxylic acids is 1. The lowest BCUT2D eigenvalue weighted by Gasteiger charge is -2.26. The van der Waals surface area contributed by atoms with Crippen LogP contribution in [0, 0.1) is 0 Å². The smallest absolute Gasteiger partial charge is 0.251 e. The van der Waals surface area contributed by atoms with E-state index in [1.54, 1.807) is 22.5 Å². The molecule has 2 aliphatic rings. The van der Waals surface area contributed by atoms with Crippen molar-refractivity contribution in [3.8, 4) is 0 Å². The molecular formula is C23H28N2O3S. The zero-order valence-corrected chi connectivity index (χ0v) is 17.5. The van der Waals surface area contributed by atoms with Crippen molar-refractivity contribution in [1.82, 2.24) is 9.62 Å². The van der Waals surface area contributed by atoms with Gasteiger partial charge in [-0.25, -0.2) is 8.42 Å². The summed E-state index contributed by atoms with van der Waals surface area (Å²) >= 11 is 0. The Morgan fingerprint density at radius 2 is 1.62 bits per heavy atom. The van der Waals surface area contributed by atoms with Crippen LogP contribution in [0.15, 0.2) is 47.4 Å². The second kappa shape index (κ2) is 8.67. The SMILES string of the molecule is O=C(NCc1ccccc1S(=O)(=O)N1CCCCC1)c1ccc2c(c1)CCCC2. The molecule has 1 aliphatic carbocycles. The van der Waals surface area contributed by atoms with E-state index in [2.05, 4.69) is 11.4 Å². The third-order valence-electron chi connectivity index (χ3n) is 5.96. The molecule has 2 aromatic carbocycles. The second-order valence-electron chi connectivity index (χ2n) is 7.95. The van der Waals surface area contributed by atoms with Gasteiger partial charge in [-0.1, -0.05) is 30.7 Å². The van der Waals surface area contributed by atoms with Crippen molar-refractivity contribution >= 4 is 15.9 Å². The molecule has 0 spiro atoms. The topological polar surface area (TPSA) is 66.5 Å². The highest BCUT2D eigenvalue weighted by Gasteiger charge is 2.28. The highest BCUT2D eigenvalue weighted by atomic mass is 32.2. The monoisotopic (exact) mass is 412 g/mol. The number of fused-ring (bicyclic) bond motifs is 1. The summed E-state index contributed by atoms with van der Waals surface area (Å²) < 4.78 is 27.8. The first-order valence-corrected chi connectivity index (χ1v) is 12.0. The van der Waals surface area contributed by atoms with Gasteiger partial charge in [0.15, 0.2) is 0 Å². The lowest BCUT2D eigenvalue weighted by atomic mass is 9.90. The van der Waals surface area contributed by atoms with Crippen LogP contribution in [0.1, 0.15) is 59.2 Å². The van der Waals surface area contributed by atoms with Gasteiger partial charge >= 0.3 is 0 Å². The number of hydrogen-bond acceptors (Lipinski definition) is 3. The van der Waals surface area contributed by atoms with E-state index in [1.165, 1.54) is 24.0 Å². The van der Waals surface area contributed by atoms with Gasteiger partial charge in [0, 0.05) is 25.2 Å². The molecule has 0 saturated carbocycles. The maximum atomic E-state index is 13.1. The number of nitrogens with one attached hydrogen (secondary N) is 1. The standard InChI is InChI=1S/C23H28N2O3S/c26-23(20-13-12-18-8-2-3-9-19(18)16-20)24-17-21-10-4-5-11-22(21)29(27,28)25-14-6-1-7-15-25/h4-5,10-13,16H,1-3,6-9,14-15,17H2,(H,24,26). The van der Waals surface area contributed by atoms with Crippen molar-refractivity contribution in [2.75, 3.05) is 13.1 Å². The van der Waals surface area contributed by atoms with E-state index in [-0.39, 0.29) is 12.5 Å². The molecule has 1 N–H and O–H groups in total. The molecule has 0 unspecified atom stereocenters. The van der Waals surface area contributed by atoms with Crippen LogP contribution in [0.3, 0.4) is 0 Å². The zero-order chi connectivity index (χ0) is 20.3. The zero-order valence-electron chi connectivity index (χ0n) is 16.7. The fraction of sp³-hybridized carbons (Fsp3) is 0.435. The minimum absolute atomic E-state index is 0.163. The van der Waals surface area contributed by atoms with Crippen LogP contribution in [0.2, 0.25) is 0 Å². The molecule has 0 aromatic heterocycles. The summed E-state index contributed by atoms with van der Waals surface area (Å²) in [4.78, 5) is 13.0. The Morgan fingerprint density at radius 3 is 2.41 bits per heavy atom. The Kier molecular flexibility index (Phi) is 6.01. The highest BCUT2D eigenvalue weighted by molar-refractivity contribution is 7.89. The van der Waals surface area contributed by atoms with Gasteiger partial charge in [0.2, 0.25) is 10.0 Å². The largest absolute Gasteiger partial charge is 0.348 e. The summed E-state index contributed by atoms with van der Waals surface area (Å²) in [5.74, 6) is -0.163. The highest BCUT2D eigenvalue weighted by Crippen LogP contribution is 2.24. The molecule has 2 aromatic rings. The van der Waals surface area contributed by atoms with E-state index < -0.39 is 10.0 Å². The Labute approximate surface area is 173 Å². The number of benzene rings is 2. The van der Waals surface area contributed by atoms with Gasteiger partial charge in [-0.15, -0.1) is 0 Å². The Bertz CT molecular complexity index is 995. The van der Waals surface area contributed by atoms with Gasteiger partial charge in [-0.05, 0) is 73.4 Å². The van der Waals surface area contributed by atoms with Gasteiger partial charge in [-0.3, -0.25) is 4.79 Å². The third kappa shape index (κ3) is 4.38. The molecule has 29 heavy (non-hydrogen) atoms. The van der Waals surface area contributed by atoms with E-state index in [4.69, 9.17) is 0 Å². The first-order valence-electron chi connectivity index (χ1n) is 10.5. The maximum absolute atomic E-state index is 13.1. The molecule has 1 heterocycles.